The van der Waals surface area contributed by atoms with Crippen molar-refractivity contribution < 1.29 is 4.74 Å². The molecule has 0 fully saturated rings. The summed E-state index contributed by atoms with van der Waals surface area (Å²) in [7, 11) is 0. The normalized spacial score (nSPS) is 10.6. The number of aromatic nitrogens is 3. The summed E-state index contributed by atoms with van der Waals surface area (Å²) in [6.45, 7) is 0. The van der Waals surface area contributed by atoms with Crippen LogP contribution in [-0.2, 0) is 0 Å². The second-order valence-electron chi connectivity index (χ2n) is 3.82. The van der Waals surface area contributed by atoms with Gasteiger partial charge in [-0.3, -0.25) is 0 Å². The highest BCUT2D eigenvalue weighted by Gasteiger charge is 2.03. The van der Waals surface area contributed by atoms with Crippen molar-refractivity contribution in [3.63, 3.8) is 0 Å². The van der Waals surface area contributed by atoms with Crippen LogP contribution < -0.4 is 4.74 Å². The molecule has 0 unspecified atom stereocenters. The van der Waals surface area contributed by atoms with Crippen molar-refractivity contribution in [3.05, 3.63) is 52.4 Å². The van der Waals surface area contributed by atoms with Crippen molar-refractivity contribution in [2.75, 3.05) is 0 Å². The predicted molar refractivity (Wildman–Crippen MR) is 76.6 cm³/mol. The van der Waals surface area contributed by atoms with E-state index in [2.05, 4.69) is 31.1 Å². The molecule has 2 aromatic carbocycles. The average molecular weight is 337 g/mol. The molecule has 0 bridgehead atoms. The van der Waals surface area contributed by atoms with Crippen molar-refractivity contribution in [3.8, 4) is 11.6 Å². The van der Waals surface area contributed by atoms with Crippen LogP contribution in [0.15, 0.2) is 47.1 Å². The molecule has 3 aromatic rings. The second kappa shape index (κ2) is 5.11. The number of hydrogen-bond donors (Lipinski definition) is 0. The first kappa shape index (κ1) is 12.3. The minimum atomic E-state index is 0.0576. The van der Waals surface area contributed by atoms with Crippen LogP contribution in [0.25, 0.3) is 10.8 Å². The molecule has 0 aliphatic rings. The summed E-state index contributed by atoms with van der Waals surface area (Å²) in [4.78, 5) is 3.92. The van der Waals surface area contributed by atoms with Gasteiger partial charge in [-0.15, -0.1) is 5.10 Å². The summed E-state index contributed by atoms with van der Waals surface area (Å²) in [6.07, 6.45) is 1.41. The van der Waals surface area contributed by atoms with Crippen LogP contribution in [0.2, 0.25) is 5.28 Å². The summed E-state index contributed by atoms with van der Waals surface area (Å²) >= 11 is 9.10. The molecule has 0 N–H and O–H groups in total. The van der Waals surface area contributed by atoms with Crippen LogP contribution in [0.3, 0.4) is 0 Å². The quantitative estimate of drug-likeness (QED) is 0.702. The molecule has 3 rings (SSSR count). The van der Waals surface area contributed by atoms with Crippen LogP contribution in [0.5, 0.6) is 11.6 Å². The molecule has 0 aliphatic heterocycles. The Hall–Kier alpha value is -1.72. The molecule has 19 heavy (non-hydrogen) atoms. The summed E-state index contributed by atoms with van der Waals surface area (Å²) in [5.41, 5.74) is 0. The Morgan fingerprint density at radius 3 is 2.68 bits per heavy atom. The van der Waals surface area contributed by atoms with Gasteiger partial charge in [-0.25, -0.2) is 0 Å². The Kier molecular flexibility index (Phi) is 3.31. The Morgan fingerprint density at radius 2 is 1.84 bits per heavy atom. The standard InChI is InChI=1S/C13H7BrClN3O/c14-10-3-1-9-6-11(4-2-8(9)5-10)19-12-7-16-18-13(15)17-12/h1-7H. The first-order valence-electron chi connectivity index (χ1n) is 5.43. The fourth-order valence-electron chi connectivity index (χ4n) is 1.70. The van der Waals surface area contributed by atoms with Crippen LogP contribution in [0.4, 0.5) is 0 Å². The third-order valence-electron chi connectivity index (χ3n) is 2.51. The average Bonchev–Trinajstić information content (AvgIpc) is 2.39. The number of fused-ring (bicyclic) bond motifs is 1. The summed E-state index contributed by atoms with van der Waals surface area (Å²) < 4.78 is 6.63. The zero-order chi connectivity index (χ0) is 13.2. The minimum Gasteiger partial charge on any atom is -0.437 e. The molecule has 0 spiro atoms. The van der Waals surface area contributed by atoms with E-state index < -0.39 is 0 Å². The highest BCUT2D eigenvalue weighted by molar-refractivity contribution is 9.10. The topological polar surface area (TPSA) is 47.9 Å². The number of nitrogens with zero attached hydrogens (tertiary/aromatic N) is 3. The van der Waals surface area contributed by atoms with Gasteiger partial charge in [-0.05, 0) is 46.6 Å². The van der Waals surface area contributed by atoms with Gasteiger partial charge in [0.1, 0.15) is 11.9 Å². The predicted octanol–water partition coefficient (Wildman–Crippen LogP) is 4.23. The summed E-state index contributed by atoms with van der Waals surface area (Å²) in [5, 5.41) is 9.50. The second-order valence-corrected chi connectivity index (χ2v) is 5.07. The van der Waals surface area contributed by atoms with Crippen LogP contribution in [0.1, 0.15) is 0 Å². The van der Waals surface area contributed by atoms with Gasteiger partial charge < -0.3 is 4.74 Å². The van der Waals surface area contributed by atoms with Gasteiger partial charge in [0.15, 0.2) is 0 Å². The number of rotatable bonds is 2. The maximum atomic E-state index is 5.65. The first-order chi connectivity index (χ1) is 9.20. The van der Waals surface area contributed by atoms with E-state index in [1.807, 2.05) is 36.4 Å². The molecular formula is C13H7BrClN3O. The molecule has 1 aromatic heterocycles. The summed E-state index contributed by atoms with van der Waals surface area (Å²) in [5.74, 6) is 0.989. The lowest BCUT2D eigenvalue weighted by Crippen LogP contribution is -1.92. The third-order valence-corrected chi connectivity index (χ3v) is 3.16. The zero-order valence-corrected chi connectivity index (χ0v) is 11.9. The van der Waals surface area contributed by atoms with Crippen LogP contribution in [0, 0.1) is 0 Å². The third kappa shape index (κ3) is 2.83. The molecule has 0 saturated carbocycles. The van der Waals surface area contributed by atoms with Gasteiger partial charge in [0.05, 0.1) is 0 Å². The van der Waals surface area contributed by atoms with E-state index in [1.165, 1.54) is 6.20 Å². The smallest absolute Gasteiger partial charge is 0.246 e. The van der Waals surface area contributed by atoms with Gasteiger partial charge in [0.2, 0.25) is 11.2 Å². The van der Waals surface area contributed by atoms with Gasteiger partial charge >= 0.3 is 0 Å². The lowest BCUT2D eigenvalue weighted by molar-refractivity contribution is 0.458. The van der Waals surface area contributed by atoms with E-state index in [-0.39, 0.29) is 5.28 Å². The molecule has 0 saturated heterocycles. The van der Waals surface area contributed by atoms with Crippen molar-refractivity contribution in [2.45, 2.75) is 0 Å². The van der Waals surface area contributed by atoms with E-state index >= 15 is 0 Å². The van der Waals surface area contributed by atoms with E-state index in [4.69, 9.17) is 16.3 Å². The first-order valence-corrected chi connectivity index (χ1v) is 6.60. The maximum absolute atomic E-state index is 5.65. The van der Waals surface area contributed by atoms with Crippen LogP contribution in [-0.4, -0.2) is 15.2 Å². The van der Waals surface area contributed by atoms with E-state index in [9.17, 15) is 0 Å². The van der Waals surface area contributed by atoms with Crippen molar-refractivity contribution in [1.29, 1.82) is 0 Å². The van der Waals surface area contributed by atoms with Gasteiger partial charge in [0, 0.05) is 4.47 Å². The molecule has 1 heterocycles. The Labute approximate surface area is 122 Å². The number of hydrogen-bond acceptors (Lipinski definition) is 4. The lowest BCUT2D eigenvalue weighted by Gasteiger charge is -2.05. The van der Waals surface area contributed by atoms with Crippen molar-refractivity contribution in [1.82, 2.24) is 15.2 Å². The molecule has 0 atom stereocenters. The van der Waals surface area contributed by atoms with Crippen molar-refractivity contribution in [2.24, 2.45) is 0 Å². The SMILES string of the molecule is Clc1nncc(Oc2ccc3cc(Br)ccc3c2)n1. The van der Waals surface area contributed by atoms with Crippen LogP contribution >= 0.6 is 27.5 Å². The lowest BCUT2D eigenvalue weighted by atomic mass is 10.1. The molecule has 0 amide bonds. The summed E-state index contributed by atoms with van der Waals surface area (Å²) in [6, 6.07) is 11.8. The largest absolute Gasteiger partial charge is 0.437 e. The molecule has 0 aliphatic carbocycles. The van der Waals surface area contributed by atoms with Gasteiger partial charge in [0.25, 0.3) is 0 Å². The van der Waals surface area contributed by atoms with E-state index in [1.54, 1.807) is 0 Å². The number of halogens is 2. The fourth-order valence-corrected chi connectivity index (χ4v) is 2.20. The van der Waals surface area contributed by atoms with Gasteiger partial charge in [-0.2, -0.15) is 10.1 Å². The van der Waals surface area contributed by atoms with Gasteiger partial charge in [-0.1, -0.05) is 28.1 Å². The molecule has 94 valence electrons. The number of ether oxygens (including phenoxy) is 1. The highest BCUT2D eigenvalue weighted by Crippen LogP contribution is 2.26. The Bertz CT molecular complexity index is 751. The Morgan fingerprint density at radius 1 is 1.05 bits per heavy atom. The number of benzene rings is 2. The molecule has 6 heteroatoms. The Balaban J connectivity index is 1.95. The maximum Gasteiger partial charge on any atom is 0.246 e. The van der Waals surface area contributed by atoms with E-state index in [0.29, 0.717) is 11.6 Å². The van der Waals surface area contributed by atoms with Crippen molar-refractivity contribution >= 4 is 38.3 Å². The zero-order valence-electron chi connectivity index (χ0n) is 9.55. The van der Waals surface area contributed by atoms with E-state index in [0.717, 1.165) is 15.2 Å². The highest BCUT2D eigenvalue weighted by atomic mass is 79.9. The monoisotopic (exact) mass is 335 g/mol. The fraction of sp³-hybridized carbons (Fsp3) is 0. The molecule has 0 radical (unpaired) electrons. The molecular weight excluding hydrogens is 330 g/mol. The minimum absolute atomic E-state index is 0.0576. The molecule has 4 nitrogen and oxygen atoms in total.